The van der Waals surface area contributed by atoms with E-state index in [2.05, 4.69) is 27.9 Å². The number of amidine groups is 1. The van der Waals surface area contributed by atoms with Crippen molar-refractivity contribution in [3.05, 3.63) is 27.8 Å². The number of carbonyl (C=O) groups is 2. The molecule has 1 aromatic rings. The standard InChI is InChI=1S/C19H25IN4O3/c1-12-11-19(9-10-23(12)17(26)27-18(2,3)4)15(21)22-16(25)24(19)14-7-5-13(20)6-8-14/h5-8,12H,9-11H2,1-4H3,(H2,21,22,25). The van der Waals surface area contributed by atoms with Gasteiger partial charge in [0.1, 0.15) is 17.0 Å². The SMILES string of the molecule is CC1CC2(CCN1C(=O)OC(C)(C)C)C(=N)NC(=O)N2c1ccc(I)cc1. The van der Waals surface area contributed by atoms with Gasteiger partial charge in [-0.3, -0.25) is 15.6 Å². The van der Waals surface area contributed by atoms with E-state index in [4.69, 9.17) is 10.1 Å². The number of nitrogens with one attached hydrogen (secondary N) is 2. The summed E-state index contributed by atoms with van der Waals surface area (Å²) in [7, 11) is 0. The number of ether oxygens (including phenoxy) is 1. The number of nitrogens with zero attached hydrogens (tertiary/aromatic N) is 2. The molecule has 2 aliphatic heterocycles. The Morgan fingerprint density at radius 1 is 1.33 bits per heavy atom. The first-order valence-corrected chi connectivity index (χ1v) is 10.1. The third-order valence-corrected chi connectivity index (χ3v) is 5.69. The van der Waals surface area contributed by atoms with Gasteiger partial charge in [0.05, 0.1) is 0 Å². The number of hydrogen-bond donors (Lipinski definition) is 2. The van der Waals surface area contributed by atoms with E-state index in [9.17, 15) is 9.59 Å². The van der Waals surface area contributed by atoms with E-state index in [0.717, 1.165) is 9.26 Å². The topological polar surface area (TPSA) is 85.7 Å². The summed E-state index contributed by atoms with van der Waals surface area (Å²) >= 11 is 2.22. The summed E-state index contributed by atoms with van der Waals surface area (Å²) in [5.41, 5.74) is -0.563. The van der Waals surface area contributed by atoms with Gasteiger partial charge in [-0.2, -0.15) is 0 Å². The summed E-state index contributed by atoms with van der Waals surface area (Å²) in [5, 5.41) is 11.1. The van der Waals surface area contributed by atoms with Crippen molar-refractivity contribution in [3.63, 3.8) is 0 Å². The number of hydrogen-bond acceptors (Lipinski definition) is 4. The minimum Gasteiger partial charge on any atom is -0.444 e. The molecule has 7 nitrogen and oxygen atoms in total. The lowest BCUT2D eigenvalue weighted by molar-refractivity contribution is 0.00858. The largest absolute Gasteiger partial charge is 0.444 e. The zero-order valence-corrected chi connectivity index (χ0v) is 18.2. The molecule has 2 unspecified atom stereocenters. The minimum absolute atomic E-state index is 0.159. The van der Waals surface area contributed by atoms with Crippen molar-refractivity contribution >= 4 is 46.2 Å². The Morgan fingerprint density at radius 2 is 1.96 bits per heavy atom. The quantitative estimate of drug-likeness (QED) is 0.592. The van der Waals surface area contributed by atoms with Crippen LogP contribution in [0.15, 0.2) is 24.3 Å². The predicted molar refractivity (Wildman–Crippen MR) is 112 cm³/mol. The lowest BCUT2D eigenvalue weighted by Gasteiger charge is -2.46. The molecule has 2 N–H and O–H groups in total. The van der Waals surface area contributed by atoms with Crippen LogP contribution in [0.5, 0.6) is 0 Å². The van der Waals surface area contributed by atoms with Gasteiger partial charge in [0.2, 0.25) is 0 Å². The molecule has 1 aromatic carbocycles. The van der Waals surface area contributed by atoms with E-state index in [0.29, 0.717) is 19.4 Å². The van der Waals surface area contributed by atoms with Crippen LogP contribution < -0.4 is 10.2 Å². The van der Waals surface area contributed by atoms with Crippen LogP contribution in [0.1, 0.15) is 40.5 Å². The Kier molecular flexibility index (Phi) is 5.13. The first-order valence-electron chi connectivity index (χ1n) is 8.99. The third kappa shape index (κ3) is 3.76. The van der Waals surface area contributed by atoms with Crippen LogP contribution in [-0.4, -0.2) is 46.6 Å². The molecule has 1 spiro atoms. The van der Waals surface area contributed by atoms with Crippen LogP contribution in [0.25, 0.3) is 0 Å². The van der Waals surface area contributed by atoms with Crippen LogP contribution in [0.4, 0.5) is 15.3 Å². The van der Waals surface area contributed by atoms with Gasteiger partial charge in [0.15, 0.2) is 0 Å². The molecule has 2 heterocycles. The van der Waals surface area contributed by atoms with Crippen LogP contribution in [0.3, 0.4) is 0 Å². The molecule has 0 aliphatic carbocycles. The lowest BCUT2D eigenvalue weighted by Crippen LogP contribution is -2.60. The van der Waals surface area contributed by atoms with Gasteiger partial charge >= 0.3 is 12.1 Å². The number of piperidine rings is 1. The highest BCUT2D eigenvalue weighted by Gasteiger charge is 2.54. The van der Waals surface area contributed by atoms with Gasteiger partial charge in [-0.1, -0.05) is 0 Å². The fourth-order valence-corrected chi connectivity index (χ4v) is 4.15. The Hall–Kier alpha value is -1.84. The third-order valence-electron chi connectivity index (χ3n) is 4.97. The molecule has 0 bridgehead atoms. The van der Waals surface area contributed by atoms with Gasteiger partial charge in [-0.05, 0) is 87.4 Å². The molecule has 2 saturated heterocycles. The number of halogens is 1. The highest BCUT2D eigenvalue weighted by Crippen LogP contribution is 2.39. The molecule has 27 heavy (non-hydrogen) atoms. The maximum Gasteiger partial charge on any atom is 0.410 e. The highest BCUT2D eigenvalue weighted by molar-refractivity contribution is 14.1. The van der Waals surface area contributed by atoms with E-state index in [1.807, 2.05) is 52.0 Å². The summed E-state index contributed by atoms with van der Waals surface area (Å²) in [6.07, 6.45) is 0.616. The summed E-state index contributed by atoms with van der Waals surface area (Å²) in [6.45, 7) is 7.89. The van der Waals surface area contributed by atoms with E-state index in [1.165, 1.54) is 0 Å². The average Bonchev–Trinajstić information content (AvgIpc) is 2.77. The normalized spacial score (nSPS) is 25.7. The van der Waals surface area contributed by atoms with E-state index < -0.39 is 11.1 Å². The number of anilines is 1. The van der Waals surface area contributed by atoms with E-state index >= 15 is 0 Å². The fourth-order valence-electron chi connectivity index (χ4n) is 3.79. The monoisotopic (exact) mass is 484 g/mol. The summed E-state index contributed by atoms with van der Waals surface area (Å²) in [4.78, 5) is 28.5. The van der Waals surface area contributed by atoms with Crippen LogP contribution in [-0.2, 0) is 4.74 Å². The fraction of sp³-hybridized carbons (Fsp3) is 0.526. The molecule has 8 heteroatoms. The molecule has 2 atom stereocenters. The van der Waals surface area contributed by atoms with E-state index in [1.54, 1.807) is 9.80 Å². The first kappa shape index (κ1) is 19.9. The summed E-state index contributed by atoms with van der Waals surface area (Å²) in [5.74, 6) is 0.196. The molecular weight excluding hydrogens is 459 g/mol. The average molecular weight is 484 g/mol. The molecule has 2 aliphatic rings. The van der Waals surface area contributed by atoms with Crippen molar-refractivity contribution in [1.29, 1.82) is 5.41 Å². The smallest absolute Gasteiger partial charge is 0.410 e. The number of rotatable bonds is 1. The zero-order chi connectivity index (χ0) is 20.0. The van der Waals surface area contributed by atoms with Crippen molar-refractivity contribution in [2.45, 2.75) is 57.7 Å². The predicted octanol–water partition coefficient (Wildman–Crippen LogP) is 3.96. The summed E-state index contributed by atoms with van der Waals surface area (Å²) < 4.78 is 6.58. The van der Waals surface area contributed by atoms with Gasteiger partial charge in [0, 0.05) is 21.8 Å². The minimum atomic E-state index is -0.762. The van der Waals surface area contributed by atoms with Crippen molar-refractivity contribution in [2.75, 3.05) is 11.4 Å². The van der Waals surface area contributed by atoms with Crippen molar-refractivity contribution in [2.24, 2.45) is 0 Å². The van der Waals surface area contributed by atoms with Crippen molar-refractivity contribution in [1.82, 2.24) is 10.2 Å². The molecular formula is C19H25IN4O3. The Bertz CT molecular complexity index is 774. The van der Waals surface area contributed by atoms with Gasteiger partial charge in [-0.15, -0.1) is 0 Å². The first-order chi connectivity index (χ1) is 12.5. The number of urea groups is 1. The van der Waals surface area contributed by atoms with Crippen LogP contribution in [0, 0.1) is 8.98 Å². The Balaban J connectivity index is 1.86. The van der Waals surface area contributed by atoms with Gasteiger partial charge < -0.3 is 9.64 Å². The van der Waals surface area contributed by atoms with Crippen molar-refractivity contribution < 1.29 is 14.3 Å². The number of carbonyl (C=O) groups excluding carboxylic acids is 2. The molecule has 3 amide bonds. The second-order valence-electron chi connectivity index (χ2n) is 8.13. The Labute approximate surface area is 173 Å². The molecule has 0 saturated carbocycles. The molecule has 2 fully saturated rings. The number of amides is 3. The second-order valence-corrected chi connectivity index (χ2v) is 9.37. The second kappa shape index (κ2) is 6.96. The van der Waals surface area contributed by atoms with Crippen LogP contribution in [0.2, 0.25) is 0 Å². The van der Waals surface area contributed by atoms with Gasteiger partial charge in [0.25, 0.3) is 0 Å². The maximum absolute atomic E-state index is 12.6. The van der Waals surface area contributed by atoms with Crippen LogP contribution >= 0.6 is 22.6 Å². The van der Waals surface area contributed by atoms with E-state index in [-0.39, 0.29) is 24.0 Å². The number of benzene rings is 1. The molecule has 0 radical (unpaired) electrons. The molecule has 146 valence electrons. The van der Waals surface area contributed by atoms with Gasteiger partial charge in [-0.25, -0.2) is 9.59 Å². The zero-order valence-electron chi connectivity index (χ0n) is 16.0. The molecule has 0 aromatic heterocycles. The lowest BCUT2D eigenvalue weighted by atomic mass is 9.81. The summed E-state index contributed by atoms with van der Waals surface area (Å²) in [6, 6.07) is 7.22. The highest BCUT2D eigenvalue weighted by atomic mass is 127. The number of likely N-dealkylation sites (tertiary alicyclic amines) is 1. The Morgan fingerprint density at radius 3 is 2.52 bits per heavy atom. The maximum atomic E-state index is 12.6. The molecule has 3 rings (SSSR count). The van der Waals surface area contributed by atoms with Crippen molar-refractivity contribution in [3.8, 4) is 0 Å².